The summed E-state index contributed by atoms with van der Waals surface area (Å²) in [7, 11) is -3.65. The summed E-state index contributed by atoms with van der Waals surface area (Å²) in [5.41, 5.74) is 0.386. The molecule has 3 rings (SSSR count). The second kappa shape index (κ2) is 8.71. The highest BCUT2D eigenvalue weighted by Crippen LogP contribution is 2.26. The molecule has 2 fully saturated rings. The van der Waals surface area contributed by atoms with Crippen molar-refractivity contribution in [1.29, 1.82) is 0 Å². The van der Waals surface area contributed by atoms with Gasteiger partial charge in [0.05, 0.1) is 4.90 Å². The summed E-state index contributed by atoms with van der Waals surface area (Å²) in [6.45, 7) is 8.53. The third kappa shape index (κ3) is 4.45. The van der Waals surface area contributed by atoms with E-state index in [1.807, 2.05) is 4.90 Å². The molecule has 0 unspecified atom stereocenters. The average molecular weight is 408 g/mol. The predicted octanol–water partition coefficient (Wildman–Crippen LogP) is 1.45. The van der Waals surface area contributed by atoms with Crippen LogP contribution in [0.1, 0.15) is 37.0 Å². The van der Waals surface area contributed by atoms with E-state index in [0.717, 1.165) is 32.7 Å². The lowest BCUT2D eigenvalue weighted by atomic mass is 9.96. The minimum atomic E-state index is -3.65. The Morgan fingerprint density at radius 1 is 1.04 bits per heavy atom. The first-order valence-electron chi connectivity index (χ1n) is 9.95. The first-order valence-corrected chi connectivity index (χ1v) is 11.4. The number of carbonyl (C=O) groups is 2. The molecule has 2 aliphatic rings. The summed E-state index contributed by atoms with van der Waals surface area (Å²) in [5.74, 6) is -0.112. The number of Topliss-reactive ketones (excluding diaryl/α,β-unsaturated/α-hetero) is 1. The number of nitrogens with zero attached hydrogens (tertiary/aromatic N) is 3. The molecule has 2 saturated heterocycles. The fourth-order valence-electron chi connectivity index (χ4n) is 3.91. The second-order valence-electron chi connectivity index (χ2n) is 7.52. The molecule has 0 aliphatic carbocycles. The number of hydrogen-bond donors (Lipinski definition) is 0. The number of ketones is 1. The summed E-state index contributed by atoms with van der Waals surface area (Å²) in [6.07, 6.45) is 1.08. The maximum Gasteiger partial charge on any atom is 0.243 e. The van der Waals surface area contributed by atoms with Crippen LogP contribution in [0.15, 0.2) is 29.2 Å². The van der Waals surface area contributed by atoms with Gasteiger partial charge in [-0.1, -0.05) is 19.1 Å². The van der Waals surface area contributed by atoms with Crippen molar-refractivity contribution in [2.45, 2.75) is 31.6 Å². The Bertz CT molecular complexity index is 824. The number of likely N-dealkylation sites (N-methyl/N-ethyl adjacent to an activating group) is 1. The van der Waals surface area contributed by atoms with Crippen LogP contribution in [0, 0.1) is 5.92 Å². The normalized spacial score (nSPS) is 20.3. The van der Waals surface area contributed by atoms with Gasteiger partial charge < -0.3 is 9.80 Å². The lowest BCUT2D eigenvalue weighted by Gasteiger charge is -2.38. The van der Waals surface area contributed by atoms with Crippen LogP contribution in [0.25, 0.3) is 0 Å². The van der Waals surface area contributed by atoms with Crippen molar-refractivity contribution in [1.82, 2.24) is 14.1 Å². The Morgan fingerprint density at radius 3 is 2.25 bits per heavy atom. The van der Waals surface area contributed by atoms with Crippen LogP contribution < -0.4 is 0 Å². The molecule has 0 atom stereocenters. The topological polar surface area (TPSA) is 78.0 Å². The highest BCUT2D eigenvalue weighted by Gasteiger charge is 2.34. The van der Waals surface area contributed by atoms with Crippen molar-refractivity contribution in [3.63, 3.8) is 0 Å². The number of rotatable bonds is 5. The number of hydrogen-bond acceptors (Lipinski definition) is 5. The van der Waals surface area contributed by atoms with Crippen LogP contribution >= 0.6 is 0 Å². The number of piperidine rings is 1. The molecule has 1 aromatic rings. The van der Waals surface area contributed by atoms with Gasteiger partial charge in [0.1, 0.15) is 0 Å². The van der Waals surface area contributed by atoms with Crippen molar-refractivity contribution in [2.24, 2.45) is 5.92 Å². The fraction of sp³-hybridized carbons (Fsp3) is 0.600. The molecule has 0 saturated carbocycles. The quantitative estimate of drug-likeness (QED) is 0.691. The molecule has 7 nitrogen and oxygen atoms in total. The van der Waals surface area contributed by atoms with Gasteiger partial charge in [0.15, 0.2) is 5.78 Å². The van der Waals surface area contributed by atoms with Crippen molar-refractivity contribution in [2.75, 3.05) is 45.8 Å². The summed E-state index contributed by atoms with van der Waals surface area (Å²) in [4.78, 5) is 28.7. The molecular formula is C20H29N3O4S. The van der Waals surface area contributed by atoms with Gasteiger partial charge in [0.2, 0.25) is 15.9 Å². The Labute approximate surface area is 167 Å². The van der Waals surface area contributed by atoms with Gasteiger partial charge in [0, 0.05) is 50.7 Å². The van der Waals surface area contributed by atoms with E-state index in [9.17, 15) is 18.0 Å². The molecule has 0 aromatic heterocycles. The molecule has 154 valence electrons. The molecule has 2 heterocycles. The first kappa shape index (κ1) is 21.0. The van der Waals surface area contributed by atoms with E-state index in [1.165, 1.54) is 23.4 Å². The van der Waals surface area contributed by atoms with Crippen LogP contribution in [-0.2, 0) is 14.8 Å². The van der Waals surface area contributed by atoms with Gasteiger partial charge in [0.25, 0.3) is 0 Å². The molecule has 0 radical (unpaired) electrons. The van der Waals surface area contributed by atoms with Gasteiger partial charge in [-0.2, -0.15) is 4.31 Å². The maximum absolute atomic E-state index is 12.9. The molecule has 0 spiro atoms. The molecule has 2 aliphatic heterocycles. The van der Waals surface area contributed by atoms with E-state index in [4.69, 9.17) is 0 Å². The van der Waals surface area contributed by atoms with Crippen LogP contribution in [0.5, 0.6) is 0 Å². The monoisotopic (exact) mass is 407 g/mol. The van der Waals surface area contributed by atoms with Crippen molar-refractivity contribution in [3.8, 4) is 0 Å². The predicted molar refractivity (Wildman–Crippen MR) is 107 cm³/mol. The fourth-order valence-corrected chi connectivity index (χ4v) is 5.43. The Balaban J connectivity index is 1.61. The maximum atomic E-state index is 12.9. The summed E-state index contributed by atoms with van der Waals surface area (Å²) < 4.78 is 27.3. The van der Waals surface area contributed by atoms with Crippen LogP contribution in [0.3, 0.4) is 0 Å². The summed E-state index contributed by atoms with van der Waals surface area (Å²) >= 11 is 0. The largest absolute Gasteiger partial charge is 0.340 e. The average Bonchev–Trinajstić information content (AvgIpc) is 2.73. The number of benzene rings is 1. The zero-order valence-corrected chi connectivity index (χ0v) is 17.5. The van der Waals surface area contributed by atoms with E-state index >= 15 is 0 Å². The van der Waals surface area contributed by atoms with Crippen molar-refractivity contribution >= 4 is 21.7 Å². The molecule has 0 N–H and O–H groups in total. The zero-order valence-electron chi connectivity index (χ0n) is 16.6. The Hall–Kier alpha value is -1.77. The minimum absolute atomic E-state index is 0.108. The molecule has 0 bridgehead atoms. The summed E-state index contributed by atoms with van der Waals surface area (Å²) in [5, 5.41) is 0. The van der Waals surface area contributed by atoms with Gasteiger partial charge >= 0.3 is 0 Å². The van der Waals surface area contributed by atoms with Crippen molar-refractivity contribution in [3.05, 3.63) is 29.8 Å². The van der Waals surface area contributed by atoms with E-state index < -0.39 is 10.0 Å². The first-order chi connectivity index (χ1) is 13.3. The van der Waals surface area contributed by atoms with Crippen molar-refractivity contribution < 1.29 is 18.0 Å². The standard InChI is InChI=1S/C20H29N3O4S/c1-3-21-11-13-22(14-12-21)20(25)17-7-9-23(10-8-17)28(26,27)19-6-4-5-18(15-19)16(2)24/h4-6,15,17H,3,7-14H2,1-2H3. The number of carbonyl (C=O) groups excluding carboxylic acids is 2. The molecule has 28 heavy (non-hydrogen) atoms. The van der Waals surface area contributed by atoms with Gasteiger partial charge in [-0.25, -0.2) is 8.42 Å². The van der Waals surface area contributed by atoms with E-state index in [0.29, 0.717) is 31.5 Å². The van der Waals surface area contributed by atoms with Gasteiger partial charge in [-0.15, -0.1) is 0 Å². The second-order valence-corrected chi connectivity index (χ2v) is 9.46. The third-order valence-corrected chi connectivity index (χ3v) is 7.71. The third-order valence-electron chi connectivity index (χ3n) is 5.81. The van der Waals surface area contributed by atoms with Crippen LogP contribution in [0.4, 0.5) is 0 Å². The zero-order chi connectivity index (χ0) is 20.3. The lowest BCUT2D eigenvalue weighted by molar-refractivity contribution is -0.138. The minimum Gasteiger partial charge on any atom is -0.340 e. The van der Waals surface area contributed by atoms with Gasteiger partial charge in [-0.05, 0) is 38.4 Å². The SMILES string of the molecule is CCN1CCN(C(=O)C2CCN(S(=O)(=O)c3cccc(C(C)=O)c3)CC2)CC1. The Kier molecular flexibility index (Phi) is 6.52. The highest BCUT2D eigenvalue weighted by atomic mass is 32.2. The van der Waals surface area contributed by atoms with E-state index in [-0.39, 0.29) is 22.5 Å². The smallest absolute Gasteiger partial charge is 0.243 e. The number of piperazine rings is 1. The highest BCUT2D eigenvalue weighted by molar-refractivity contribution is 7.89. The molecule has 1 aromatic carbocycles. The van der Waals surface area contributed by atoms with Crippen LogP contribution in [-0.4, -0.2) is 80.0 Å². The van der Waals surface area contributed by atoms with E-state index in [2.05, 4.69) is 11.8 Å². The number of sulfonamides is 1. The molecular weight excluding hydrogens is 378 g/mol. The molecule has 1 amide bonds. The van der Waals surface area contributed by atoms with Gasteiger partial charge in [-0.3, -0.25) is 9.59 Å². The van der Waals surface area contributed by atoms with E-state index in [1.54, 1.807) is 12.1 Å². The summed E-state index contributed by atoms with van der Waals surface area (Å²) in [6, 6.07) is 6.16. The lowest BCUT2D eigenvalue weighted by Crippen LogP contribution is -2.51. The van der Waals surface area contributed by atoms with Crippen LogP contribution in [0.2, 0.25) is 0 Å². The number of amides is 1. The molecule has 8 heteroatoms. The Morgan fingerprint density at radius 2 is 1.68 bits per heavy atom.